The van der Waals surface area contributed by atoms with E-state index in [9.17, 15) is 9.59 Å². The minimum atomic E-state index is -1.06. The molecule has 0 fully saturated rings. The summed E-state index contributed by atoms with van der Waals surface area (Å²) in [6.07, 6.45) is 2.70. The molecule has 1 aromatic rings. The number of aromatic nitrogens is 1. The second-order valence-electron chi connectivity index (χ2n) is 3.10. The second-order valence-corrected chi connectivity index (χ2v) is 3.10. The zero-order valence-electron chi connectivity index (χ0n) is 8.01. The van der Waals surface area contributed by atoms with E-state index < -0.39 is 11.9 Å². The molecule has 1 rings (SSSR count). The summed E-state index contributed by atoms with van der Waals surface area (Å²) in [4.78, 5) is 24.4. The molecule has 1 heterocycles. The molecule has 0 bridgehead atoms. The first-order valence-electron chi connectivity index (χ1n) is 4.49. The van der Waals surface area contributed by atoms with E-state index in [4.69, 9.17) is 10.2 Å². The third kappa shape index (κ3) is 3.76. The zero-order valence-corrected chi connectivity index (χ0v) is 8.01. The van der Waals surface area contributed by atoms with Gasteiger partial charge in [0.2, 0.25) is 0 Å². The van der Waals surface area contributed by atoms with Crippen LogP contribution in [0.4, 0.5) is 0 Å². The second kappa shape index (κ2) is 5.09. The lowest BCUT2D eigenvalue weighted by Gasteiger charge is -1.99. The maximum Gasteiger partial charge on any atom is 0.354 e. The van der Waals surface area contributed by atoms with E-state index in [1.165, 1.54) is 12.3 Å². The van der Waals surface area contributed by atoms with Gasteiger partial charge in [-0.25, -0.2) is 9.78 Å². The molecule has 15 heavy (non-hydrogen) atoms. The number of carboxylic acid groups (broad SMARTS) is 2. The van der Waals surface area contributed by atoms with Crippen molar-refractivity contribution < 1.29 is 19.8 Å². The van der Waals surface area contributed by atoms with Crippen molar-refractivity contribution in [2.24, 2.45) is 0 Å². The predicted molar refractivity (Wildman–Crippen MR) is 51.8 cm³/mol. The van der Waals surface area contributed by atoms with Crippen molar-refractivity contribution in [2.75, 3.05) is 0 Å². The summed E-state index contributed by atoms with van der Waals surface area (Å²) < 4.78 is 0. The molecule has 2 N–H and O–H groups in total. The van der Waals surface area contributed by atoms with Crippen molar-refractivity contribution in [3.05, 3.63) is 29.6 Å². The fourth-order valence-electron chi connectivity index (χ4n) is 1.14. The van der Waals surface area contributed by atoms with Crippen molar-refractivity contribution >= 4 is 11.9 Å². The number of carboxylic acids is 2. The smallest absolute Gasteiger partial charge is 0.354 e. The quantitative estimate of drug-likeness (QED) is 0.760. The Kier molecular flexibility index (Phi) is 3.79. The van der Waals surface area contributed by atoms with E-state index in [2.05, 4.69) is 4.98 Å². The molecule has 0 atom stereocenters. The van der Waals surface area contributed by atoms with Crippen LogP contribution in [0.1, 0.15) is 28.9 Å². The number of aryl methyl sites for hydroxylation is 1. The van der Waals surface area contributed by atoms with Gasteiger partial charge in [0.1, 0.15) is 5.69 Å². The molecule has 0 aliphatic carbocycles. The van der Waals surface area contributed by atoms with Gasteiger partial charge in [0.25, 0.3) is 0 Å². The Morgan fingerprint density at radius 1 is 1.27 bits per heavy atom. The Labute approximate surface area is 86.4 Å². The van der Waals surface area contributed by atoms with Crippen LogP contribution in [0.25, 0.3) is 0 Å². The van der Waals surface area contributed by atoms with E-state index in [1.807, 2.05) is 0 Å². The first-order chi connectivity index (χ1) is 7.09. The Bertz CT molecular complexity index is 358. The Hall–Kier alpha value is -1.91. The fourth-order valence-corrected chi connectivity index (χ4v) is 1.14. The van der Waals surface area contributed by atoms with Gasteiger partial charge in [0.15, 0.2) is 0 Å². The van der Waals surface area contributed by atoms with Gasteiger partial charge in [-0.2, -0.15) is 0 Å². The predicted octanol–water partition coefficient (Wildman–Crippen LogP) is 1.19. The van der Waals surface area contributed by atoms with Gasteiger partial charge in [-0.1, -0.05) is 6.07 Å². The van der Waals surface area contributed by atoms with Crippen LogP contribution in [0.3, 0.4) is 0 Å². The number of aromatic carboxylic acids is 1. The van der Waals surface area contributed by atoms with Crippen LogP contribution >= 0.6 is 0 Å². The molecular weight excluding hydrogens is 198 g/mol. The van der Waals surface area contributed by atoms with Gasteiger partial charge in [0, 0.05) is 12.6 Å². The van der Waals surface area contributed by atoms with Crippen molar-refractivity contribution in [2.45, 2.75) is 19.3 Å². The Morgan fingerprint density at radius 2 is 2.00 bits per heavy atom. The number of hydrogen-bond donors (Lipinski definition) is 2. The highest BCUT2D eigenvalue weighted by molar-refractivity contribution is 5.85. The molecule has 0 saturated carbocycles. The topological polar surface area (TPSA) is 87.5 Å². The summed E-state index contributed by atoms with van der Waals surface area (Å²) in [5.41, 5.74) is 0.846. The highest BCUT2D eigenvalue weighted by atomic mass is 16.4. The van der Waals surface area contributed by atoms with Gasteiger partial charge in [-0.3, -0.25) is 4.79 Å². The lowest BCUT2D eigenvalue weighted by molar-refractivity contribution is -0.137. The molecular formula is C10H11NO4. The molecule has 1 aromatic heterocycles. The van der Waals surface area contributed by atoms with Crippen molar-refractivity contribution in [1.82, 2.24) is 4.98 Å². The molecule has 0 aliphatic heterocycles. The molecule has 0 aliphatic rings. The molecule has 0 spiro atoms. The standard InChI is InChI=1S/C10H11NO4/c12-9(13)3-1-2-7-4-5-8(10(14)15)11-6-7/h4-6H,1-3H2,(H,12,13)(H,14,15). The SMILES string of the molecule is O=C(O)CCCc1ccc(C(=O)O)nc1. The molecule has 80 valence electrons. The highest BCUT2D eigenvalue weighted by Crippen LogP contribution is 2.05. The largest absolute Gasteiger partial charge is 0.481 e. The lowest BCUT2D eigenvalue weighted by Crippen LogP contribution is -2.01. The number of hydrogen-bond acceptors (Lipinski definition) is 3. The Balaban J connectivity index is 2.50. The molecule has 0 saturated heterocycles. The third-order valence-electron chi connectivity index (χ3n) is 1.90. The van der Waals surface area contributed by atoms with Crippen LogP contribution in [-0.4, -0.2) is 27.1 Å². The zero-order chi connectivity index (χ0) is 11.3. The minimum Gasteiger partial charge on any atom is -0.481 e. The molecule has 5 heteroatoms. The number of nitrogens with zero attached hydrogens (tertiary/aromatic N) is 1. The highest BCUT2D eigenvalue weighted by Gasteiger charge is 2.03. The van der Waals surface area contributed by atoms with Crippen LogP contribution in [0, 0.1) is 0 Å². The number of carbonyl (C=O) groups is 2. The van der Waals surface area contributed by atoms with Crippen LogP contribution in [-0.2, 0) is 11.2 Å². The Morgan fingerprint density at radius 3 is 2.47 bits per heavy atom. The summed E-state index contributed by atoms with van der Waals surface area (Å²) in [5, 5.41) is 17.0. The fraction of sp³-hybridized carbons (Fsp3) is 0.300. The van der Waals surface area contributed by atoms with E-state index in [0.29, 0.717) is 12.8 Å². The number of aliphatic carboxylic acids is 1. The molecule has 0 radical (unpaired) electrons. The average molecular weight is 209 g/mol. The summed E-state index contributed by atoms with van der Waals surface area (Å²) in [5.74, 6) is -1.89. The summed E-state index contributed by atoms with van der Waals surface area (Å²) in [6.45, 7) is 0. The normalized spacial score (nSPS) is 9.87. The maximum absolute atomic E-state index is 10.5. The number of rotatable bonds is 5. The van der Waals surface area contributed by atoms with Crippen LogP contribution in [0.2, 0.25) is 0 Å². The lowest BCUT2D eigenvalue weighted by atomic mass is 10.1. The van der Waals surface area contributed by atoms with E-state index in [-0.39, 0.29) is 12.1 Å². The van der Waals surface area contributed by atoms with Crippen LogP contribution in [0.5, 0.6) is 0 Å². The van der Waals surface area contributed by atoms with Crippen molar-refractivity contribution in [1.29, 1.82) is 0 Å². The van der Waals surface area contributed by atoms with Gasteiger partial charge < -0.3 is 10.2 Å². The first-order valence-corrected chi connectivity index (χ1v) is 4.49. The molecule has 0 amide bonds. The van der Waals surface area contributed by atoms with E-state index in [1.54, 1.807) is 6.07 Å². The van der Waals surface area contributed by atoms with Crippen molar-refractivity contribution in [3.8, 4) is 0 Å². The molecule has 5 nitrogen and oxygen atoms in total. The average Bonchev–Trinajstić information content (AvgIpc) is 2.18. The number of pyridine rings is 1. The van der Waals surface area contributed by atoms with Crippen molar-refractivity contribution in [3.63, 3.8) is 0 Å². The van der Waals surface area contributed by atoms with Gasteiger partial charge in [0.05, 0.1) is 0 Å². The van der Waals surface area contributed by atoms with Gasteiger partial charge in [-0.05, 0) is 24.5 Å². The third-order valence-corrected chi connectivity index (χ3v) is 1.90. The minimum absolute atomic E-state index is 0.00279. The summed E-state index contributed by atoms with van der Waals surface area (Å²) in [7, 11) is 0. The first kappa shape index (κ1) is 11.2. The monoisotopic (exact) mass is 209 g/mol. The van der Waals surface area contributed by atoms with Crippen LogP contribution in [0.15, 0.2) is 18.3 Å². The van der Waals surface area contributed by atoms with Crippen LogP contribution < -0.4 is 0 Å². The van der Waals surface area contributed by atoms with E-state index >= 15 is 0 Å². The molecule has 0 aromatic carbocycles. The van der Waals surface area contributed by atoms with E-state index in [0.717, 1.165) is 5.56 Å². The van der Waals surface area contributed by atoms with Gasteiger partial charge in [-0.15, -0.1) is 0 Å². The van der Waals surface area contributed by atoms with Gasteiger partial charge >= 0.3 is 11.9 Å². The maximum atomic E-state index is 10.5. The summed E-state index contributed by atoms with van der Waals surface area (Å²) >= 11 is 0. The molecule has 0 unspecified atom stereocenters. The summed E-state index contributed by atoms with van der Waals surface area (Å²) in [6, 6.07) is 3.07.